The number of hydrogen-bond donors (Lipinski definition) is 0. The summed E-state index contributed by atoms with van der Waals surface area (Å²) < 4.78 is 28.5. The van der Waals surface area contributed by atoms with Crippen molar-refractivity contribution in [2.24, 2.45) is 0 Å². The van der Waals surface area contributed by atoms with Gasteiger partial charge in [0.2, 0.25) is 0 Å². The van der Waals surface area contributed by atoms with E-state index in [1.165, 1.54) is 19.1 Å². The molecule has 0 spiro atoms. The van der Waals surface area contributed by atoms with Gasteiger partial charge in [-0.1, -0.05) is 11.6 Å². The monoisotopic (exact) mass is 298 g/mol. The van der Waals surface area contributed by atoms with Crippen LogP contribution in [0.1, 0.15) is 17.3 Å². The van der Waals surface area contributed by atoms with Crippen LogP contribution in [0.5, 0.6) is 5.75 Å². The molecule has 0 atom stereocenters. The van der Waals surface area contributed by atoms with Gasteiger partial charge in [0.15, 0.2) is 11.5 Å². The molecule has 0 radical (unpaired) electrons. The molecule has 2 nitrogen and oxygen atoms in total. The predicted octanol–water partition coefficient (Wildman–Crippen LogP) is 3.91. The Morgan fingerprint density at radius 1 is 1.53 bits per heavy atom. The minimum absolute atomic E-state index is 0.0616. The molecular weight excluding hydrogens is 293 g/mol. The quantitative estimate of drug-likeness (QED) is 0.791. The van der Waals surface area contributed by atoms with Crippen molar-refractivity contribution in [3.8, 4) is 5.75 Å². The highest BCUT2D eigenvalue weighted by Crippen LogP contribution is 2.36. The van der Waals surface area contributed by atoms with Gasteiger partial charge < -0.3 is 4.74 Å². The normalized spacial score (nSPS) is 10.5. The van der Waals surface area contributed by atoms with Gasteiger partial charge in [0.1, 0.15) is 0 Å². The molecule has 82 valence electrons. The van der Waals surface area contributed by atoms with Crippen LogP contribution in [0.25, 0.3) is 0 Å². The second kappa shape index (κ2) is 4.90. The number of Topliss-reactive ketones (excluding diaryl/α,β-unsaturated/α-hetero) is 1. The van der Waals surface area contributed by atoms with Crippen LogP contribution in [0.4, 0.5) is 8.78 Å². The summed E-state index contributed by atoms with van der Waals surface area (Å²) in [5.74, 6) is -0.604. The molecule has 15 heavy (non-hydrogen) atoms. The summed E-state index contributed by atoms with van der Waals surface area (Å²) in [7, 11) is 0. The van der Waals surface area contributed by atoms with Gasteiger partial charge in [-0.05, 0) is 35.0 Å². The largest absolute Gasteiger partial charge is 0.433 e. The molecule has 1 aromatic carbocycles. The van der Waals surface area contributed by atoms with E-state index in [4.69, 9.17) is 11.6 Å². The van der Waals surface area contributed by atoms with Crippen LogP contribution in [0.3, 0.4) is 0 Å². The first-order valence-corrected chi connectivity index (χ1v) is 5.04. The Hall–Kier alpha value is -0.680. The summed E-state index contributed by atoms with van der Waals surface area (Å²) in [6.07, 6.45) is 0. The molecule has 6 heteroatoms. The van der Waals surface area contributed by atoms with Crippen molar-refractivity contribution in [3.63, 3.8) is 0 Å². The van der Waals surface area contributed by atoms with E-state index in [0.29, 0.717) is 0 Å². The SMILES string of the molecule is CC(=O)c1ccc(Cl)c(Br)c1OC(F)F. The topological polar surface area (TPSA) is 26.3 Å². The number of alkyl halides is 2. The summed E-state index contributed by atoms with van der Waals surface area (Å²) >= 11 is 8.68. The molecule has 0 aliphatic heterocycles. The number of ketones is 1. The Balaban J connectivity index is 3.28. The zero-order chi connectivity index (χ0) is 11.6. The van der Waals surface area contributed by atoms with Gasteiger partial charge in [-0.15, -0.1) is 0 Å². The van der Waals surface area contributed by atoms with E-state index < -0.39 is 6.61 Å². The number of hydrogen-bond acceptors (Lipinski definition) is 2. The fourth-order valence-corrected chi connectivity index (χ4v) is 1.60. The Kier molecular flexibility index (Phi) is 4.04. The molecule has 0 aliphatic carbocycles. The molecule has 1 aromatic rings. The Bertz CT molecular complexity index is 396. The van der Waals surface area contributed by atoms with E-state index >= 15 is 0 Å². The van der Waals surface area contributed by atoms with E-state index in [-0.39, 0.29) is 26.6 Å². The van der Waals surface area contributed by atoms with Gasteiger partial charge in [0.25, 0.3) is 0 Å². The maximum Gasteiger partial charge on any atom is 0.387 e. The molecule has 1 rings (SSSR count). The summed E-state index contributed by atoms with van der Waals surface area (Å²) in [6, 6.07) is 2.77. The predicted molar refractivity (Wildman–Crippen MR) is 55.8 cm³/mol. The lowest BCUT2D eigenvalue weighted by Gasteiger charge is -2.11. The number of ether oxygens (including phenoxy) is 1. The van der Waals surface area contributed by atoms with Crippen molar-refractivity contribution < 1.29 is 18.3 Å². The van der Waals surface area contributed by atoms with Crippen molar-refractivity contribution in [3.05, 3.63) is 27.2 Å². The lowest BCUT2D eigenvalue weighted by atomic mass is 10.1. The molecular formula is C9H6BrClF2O2. The summed E-state index contributed by atoms with van der Waals surface area (Å²) in [6.45, 7) is -1.74. The van der Waals surface area contributed by atoms with Crippen LogP contribution >= 0.6 is 27.5 Å². The second-order valence-corrected chi connectivity index (χ2v) is 3.87. The van der Waals surface area contributed by atoms with Crippen LogP contribution in [-0.2, 0) is 0 Å². The smallest absolute Gasteiger partial charge is 0.387 e. The number of rotatable bonds is 3. The molecule has 0 N–H and O–H groups in total. The molecule has 0 amide bonds. The van der Waals surface area contributed by atoms with Gasteiger partial charge in [0, 0.05) is 0 Å². The first-order valence-electron chi connectivity index (χ1n) is 3.87. The number of benzene rings is 1. The average Bonchev–Trinajstić information content (AvgIpc) is 2.12. The Morgan fingerprint density at radius 2 is 2.13 bits per heavy atom. The minimum atomic E-state index is -3.00. The van der Waals surface area contributed by atoms with Gasteiger partial charge in [-0.2, -0.15) is 8.78 Å². The van der Waals surface area contributed by atoms with Crippen molar-refractivity contribution in [1.29, 1.82) is 0 Å². The lowest BCUT2D eigenvalue weighted by Crippen LogP contribution is -2.07. The van der Waals surface area contributed by atoms with Gasteiger partial charge in [-0.25, -0.2) is 0 Å². The first-order chi connectivity index (χ1) is 6.93. The third-order valence-corrected chi connectivity index (χ3v) is 2.97. The van der Waals surface area contributed by atoms with Crippen LogP contribution in [0, 0.1) is 0 Å². The van der Waals surface area contributed by atoms with Gasteiger partial charge in [-0.3, -0.25) is 4.79 Å². The lowest BCUT2D eigenvalue weighted by molar-refractivity contribution is -0.0506. The number of carbonyl (C=O) groups is 1. The van der Waals surface area contributed by atoms with E-state index in [0.717, 1.165) is 0 Å². The summed E-state index contributed by atoms with van der Waals surface area (Å²) in [5.41, 5.74) is 0.0616. The molecule has 0 aliphatic rings. The Labute approximate surface area is 98.3 Å². The average molecular weight is 299 g/mol. The number of halogens is 4. The molecule has 0 heterocycles. The van der Waals surface area contributed by atoms with Crippen molar-refractivity contribution >= 4 is 33.3 Å². The van der Waals surface area contributed by atoms with Crippen LogP contribution in [-0.4, -0.2) is 12.4 Å². The highest BCUT2D eigenvalue weighted by atomic mass is 79.9. The fourth-order valence-electron chi connectivity index (χ4n) is 1.01. The molecule has 0 fully saturated rings. The summed E-state index contributed by atoms with van der Waals surface area (Å²) in [4.78, 5) is 11.1. The van der Waals surface area contributed by atoms with Crippen molar-refractivity contribution in [2.45, 2.75) is 13.5 Å². The van der Waals surface area contributed by atoms with Crippen LogP contribution < -0.4 is 4.74 Å². The Morgan fingerprint density at radius 3 is 2.60 bits per heavy atom. The molecule has 0 unspecified atom stereocenters. The van der Waals surface area contributed by atoms with Gasteiger partial charge >= 0.3 is 6.61 Å². The minimum Gasteiger partial charge on any atom is -0.433 e. The fraction of sp³-hybridized carbons (Fsp3) is 0.222. The van der Waals surface area contributed by atoms with E-state index in [1.54, 1.807) is 0 Å². The zero-order valence-electron chi connectivity index (χ0n) is 7.56. The van der Waals surface area contributed by atoms with E-state index in [2.05, 4.69) is 20.7 Å². The molecule has 0 aromatic heterocycles. The third-order valence-electron chi connectivity index (χ3n) is 1.64. The van der Waals surface area contributed by atoms with Crippen molar-refractivity contribution in [2.75, 3.05) is 0 Å². The highest BCUT2D eigenvalue weighted by Gasteiger charge is 2.18. The third kappa shape index (κ3) is 2.89. The molecule has 0 bridgehead atoms. The van der Waals surface area contributed by atoms with Crippen LogP contribution in [0.15, 0.2) is 16.6 Å². The van der Waals surface area contributed by atoms with Gasteiger partial charge in [0.05, 0.1) is 15.1 Å². The van der Waals surface area contributed by atoms with Crippen LogP contribution in [0.2, 0.25) is 5.02 Å². The molecule has 0 saturated heterocycles. The maximum atomic E-state index is 12.1. The summed E-state index contributed by atoms with van der Waals surface area (Å²) in [5, 5.41) is 0.204. The first kappa shape index (κ1) is 12.4. The molecule has 0 saturated carbocycles. The second-order valence-electron chi connectivity index (χ2n) is 2.67. The number of carbonyl (C=O) groups excluding carboxylic acids is 1. The standard InChI is InChI=1S/C9H6BrClF2O2/c1-4(14)5-2-3-6(11)7(10)8(5)15-9(12)13/h2-3,9H,1H3. The van der Waals surface area contributed by atoms with E-state index in [1.807, 2.05) is 0 Å². The maximum absolute atomic E-state index is 12.1. The van der Waals surface area contributed by atoms with E-state index in [9.17, 15) is 13.6 Å². The zero-order valence-corrected chi connectivity index (χ0v) is 9.90. The highest BCUT2D eigenvalue weighted by molar-refractivity contribution is 9.10. The van der Waals surface area contributed by atoms with Crippen molar-refractivity contribution in [1.82, 2.24) is 0 Å².